The number of rotatable bonds is 6. The molecule has 0 amide bonds. The Morgan fingerprint density at radius 2 is 2.32 bits per heavy atom. The van der Waals surface area contributed by atoms with Crippen molar-refractivity contribution in [2.24, 2.45) is 5.92 Å². The molecule has 1 unspecified atom stereocenters. The first-order chi connectivity index (χ1) is 9.19. The molecule has 2 N–H and O–H groups in total. The topological polar surface area (TPSA) is 91.5 Å². The number of carbonyl (C=O) groups is 1. The van der Waals surface area contributed by atoms with Gasteiger partial charge in [0, 0.05) is 19.7 Å². The van der Waals surface area contributed by atoms with E-state index in [9.17, 15) is 4.79 Å². The van der Waals surface area contributed by atoms with Crippen LogP contribution >= 0.6 is 0 Å². The van der Waals surface area contributed by atoms with Crippen molar-refractivity contribution in [1.82, 2.24) is 19.9 Å². The van der Waals surface area contributed by atoms with Crippen LogP contribution in [0.3, 0.4) is 0 Å². The van der Waals surface area contributed by atoms with Gasteiger partial charge in [-0.3, -0.25) is 4.68 Å². The third-order valence-corrected chi connectivity index (χ3v) is 3.54. The van der Waals surface area contributed by atoms with Gasteiger partial charge in [-0.1, -0.05) is 5.21 Å². The predicted octanol–water partition coefficient (Wildman–Crippen LogP) is 0.0707. The van der Waals surface area contributed by atoms with E-state index < -0.39 is 5.97 Å². The summed E-state index contributed by atoms with van der Waals surface area (Å²) in [6.45, 7) is 3.80. The largest absolute Gasteiger partial charge is 0.476 e. The van der Waals surface area contributed by atoms with Gasteiger partial charge in [0.05, 0.1) is 12.7 Å². The average molecular weight is 268 g/mol. The maximum Gasteiger partial charge on any atom is 0.358 e. The van der Waals surface area contributed by atoms with Gasteiger partial charge in [0.15, 0.2) is 5.69 Å². The van der Waals surface area contributed by atoms with E-state index in [1.165, 1.54) is 12.6 Å². The first kappa shape index (κ1) is 14.0. The summed E-state index contributed by atoms with van der Waals surface area (Å²) in [4.78, 5) is 13.0. The molecular formula is C12H20N4O3. The lowest BCUT2D eigenvalue weighted by Crippen LogP contribution is -2.37. The number of carboxylic acid groups (broad SMARTS) is 1. The number of piperidine rings is 1. The number of aromatic nitrogens is 3. The highest BCUT2D eigenvalue weighted by atomic mass is 16.4. The summed E-state index contributed by atoms with van der Waals surface area (Å²) >= 11 is 0. The van der Waals surface area contributed by atoms with Gasteiger partial charge in [-0.25, -0.2) is 4.79 Å². The Balaban J connectivity index is 1.79. The van der Waals surface area contributed by atoms with Crippen molar-refractivity contribution in [3.05, 3.63) is 11.9 Å². The highest BCUT2D eigenvalue weighted by Gasteiger charge is 2.19. The second kappa shape index (κ2) is 6.63. The van der Waals surface area contributed by atoms with Gasteiger partial charge >= 0.3 is 5.97 Å². The van der Waals surface area contributed by atoms with Gasteiger partial charge in [-0.2, -0.15) is 0 Å². The lowest BCUT2D eigenvalue weighted by atomic mass is 9.95. The van der Waals surface area contributed by atoms with E-state index in [1.54, 1.807) is 4.68 Å². The Labute approximate surface area is 111 Å². The van der Waals surface area contributed by atoms with Crippen molar-refractivity contribution >= 4 is 5.97 Å². The molecule has 7 nitrogen and oxygen atoms in total. The molecule has 0 bridgehead atoms. The number of aliphatic hydroxyl groups is 1. The minimum atomic E-state index is -1.05. The van der Waals surface area contributed by atoms with Gasteiger partial charge in [-0.15, -0.1) is 5.10 Å². The molecule has 0 aromatic carbocycles. The monoisotopic (exact) mass is 268 g/mol. The maximum atomic E-state index is 10.7. The minimum Gasteiger partial charge on any atom is -0.476 e. The molecule has 7 heteroatoms. The molecule has 1 aromatic rings. The standard InChI is InChI=1S/C12H20N4O3/c17-7-3-10-2-1-4-15(8-10)5-6-16-9-11(12(18)19)13-14-16/h9-10,17H,1-8H2,(H,18,19). The molecule has 106 valence electrons. The van der Waals surface area contributed by atoms with Crippen LogP contribution in [0.1, 0.15) is 29.8 Å². The first-order valence-electron chi connectivity index (χ1n) is 6.65. The van der Waals surface area contributed by atoms with Crippen LogP contribution in [-0.2, 0) is 6.54 Å². The molecule has 2 heterocycles. The fourth-order valence-electron chi connectivity index (χ4n) is 2.52. The molecule has 1 aromatic heterocycles. The van der Waals surface area contributed by atoms with Crippen LogP contribution in [0.15, 0.2) is 6.20 Å². The predicted molar refractivity (Wildman–Crippen MR) is 67.8 cm³/mol. The Morgan fingerprint density at radius 3 is 3.00 bits per heavy atom. The average Bonchev–Trinajstić information content (AvgIpc) is 2.86. The second-order valence-corrected chi connectivity index (χ2v) is 4.99. The smallest absolute Gasteiger partial charge is 0.358 e. The summed E-state index contributed by atoms with van der Waals surface area (Å²) in [7, 11) is 0. The van der Waals surface area contributed by atoms with Gasteiger partial charge in [0.25, 0.3) is 0 Å². The fraction of sp³-hybridized carbons (Fsp3) is 0.750. The Bertz CT molecular complexity index is 419. The summed E-state index contributed by atoms with van der Waals surface area (Å²) in [5.41, 5.74) is -0.0169. The van der Waals surface area contributed by atoms with Crippen LogP contribution in [0.25, 0.3) is 0 Å². The van der Waals surface area contributed by atoms with Crippen LogP contribution in [0.4, 0.5) is 0 Å². The van der Waals surface area contributed by atoms with E-state index in [1.807, 2.05) is 0 Å². The summed E-state index contributed by atoms with van der Waals surface area (Å²) < 4.78 is 1.57. The molecule has 0 radical (unpaired) electrons. The third-order valence-electron chi connectivity index (χ3n) is 3.54. The fourth-order valence-corrected chi connectivity index (χ4v) is 2.52. The zero-order valence-corrected chi connectivity index (χ0v) is 10.9. The first-order valence-corrected chi connectivity index (χ1v) is 6.65. The second-order valence-electron chi connectivity index (χ2n) is 4.99. The van der Waals surface area contributed by atoms with Crippen molar-refractivity contribution in [1.29, 1.82) is 0 Å². The SMILES string of the molecule is O=C(O)c1cn(CCN2CCCC(CCO)C2)nn1. The molecule has 0 saturated carbocycles. The molecule has 19 heavy (non-hydrogen) atoms. The normalized spacial score (nSPS) is 20.6. The van der Waals surface area contributed by atoms with Gasteiger partial charge in [0.2, 0.25) is 0 Å². The molecule has 0 aliphatic carbocycles. The molecule has 2 rings (SSSR count). The van der Waals surface area contributed by atoms with Crippen molar-refractivity contribution in [3.63, 3.8) is 0 Å². The molecule has 1 fully saturated rings. The zero-order chi connectivity index (χ0) is 13.7. The van der Waals surface area contributed by atoms with Gasteiger partial charge in [0.1, 0.15) is 0 Å². The number of likely N-dealkylation sites (tertiary alicyclic amines) is 1. The summed E-state index contributed by atoms with van der Waals surface area (Å²) in [5, 5.41) is 25.1. The number of hydrogen-bond acceptors (Lipinski definition) is 5. The van der Waals surface area contributed by atoms with E-state index in [4.69, 9.17) is 10.2 Å². The maximum absolute atomic E-state index is 10.7. The third kappa shape index (κ3) is 4.00. The quantitative estimate of drug-likeness (QED) is 0.758. The van der Waals surface area contributed by atoms with E-state index in [0.29, 0.717) is 12.5 Å². The van der Waals surface area contributed by atoms with E-state index in [0.717, 1.165) is 32.5 Å². The summed E-state index contributed by atoms with van der Waals surface area (Å²) in [5.74, 6) is -0.476. The van der Waals surface area contributed by atoms with Gasteiger partial charge < -0.3 is 15.1 Å². The molecule has 0 spiro atoms. The zero-order valence-electron chi connectivity index (χ0n) is 10.9. The highest BCUT2D eigenvalue weighted by Crippen LogP contribution is 2.18. The van der Waals surface area contributed by atoms with Crippen LogP contribution in [0, 0.1) is 5.92 Å². The Hall–Kier alpha value is -1.47. The van der Waals surface area contributed by atoms with Gasteiger partial charge in [-0.05, 0) is 31.7 Å². The molecule has 1 saturated heterocycles. The van der Waals surface area contributed by atoms with Crippen LogP contribution in [0.2, 0.25) is 0 Å². The van der Waals surface area contributed by atoms with Crippen LogP contribution < -0.4 is 0 Å². The van der Waals surface area contributed by atoms with E-state index in [2.05, 4.69) is 15.2 Å². The van der Waals surface area contributed by atoms with Crippen molar-refractivity contribution in [2.45, 2.75) is 25.8 Å². The number of hydrogen-bond donors (Lipinski definition) is 2. The lowest BCUT2D eigenvalue weighted by molar-refractivity contribution is 0.0690. The number of aromatic carboxylic acids is 1. The molecular weight excluding hydrogens is 248 g/mol. The van der Waals surface area contributed by atoms with E-state index >= 15 is 0 Å². The number of nitrogens with zero attached hydrogens (tertiary/aromatic N) is 4. The van der Waals surface area contributed by atoms with Crippen LogP contribution in [0.5, 0.6) is 0 Å². The molecule has 1 atom stereocenters. The Morgan fingerprint density at radius 1 is 1.47 bits per heavy atom. The number of aliphatic hydroxyl groups excluding tert-OH is 1. The van der Waals surface area contributed by atoms with Crippen molar-refractivity contribution < 1.29 is 15.0 Å². The molecule has 1 aliphatic heterocycles. The molecule has 1 aliphatic rings. The Kier molecular flexibility index (Phi) is 4.86. The summed E-state index contributed by atoms with van der Waals surface area (Å²) in [6, 6.07) is 0. The lowest BCUT2D eigenvalue weighted by Gasteiger charge is -2.32. The van der Waals surface area contributed by atoms with Crippen molar-refractivity contribution in [2.75, 3.05) is 26.2 Å². The van der Waals surface area contributed by atoms with Crippen molar-refractivity contribution in [3.8, 4) is 0 Å². The summed E-state index contributed by atoms with van der Waals surface area (Å²) in [6.07, 6.45) is 4.66. The van der Waals surface area contributed by atoms with Crippen LogP contribution in [-0.4, -0.2) is 62.3 Å². The highest BCUT2D eigenvalue weighted by molar-refractivity contribution is 5.84. The van der Waals surface area contributed by atoms with E-state index in [-0.39, 0.29) is 12.3 Å². The minimum absolute atomic E-state index is 0.0169. The number of carboxylic acids is 1.